The molecule has 128 valence electrons. The van der Waals surface area contributed by atoms with Gasteiger partial charge in [0.25, 0.3) is 0 Å². The van der Waals surface area contributed by atoms with Crippen molar-refractivity contribution in [2.45, 2.75) is 30.8 Å². The molecule has 1 aliphatic heterocycles. The predicted octanol–water partition coefficient (Wildman–Crippen LogP) is 3.02. The Morgan fingerprint density at radius 3 is 2.21 bits per heavy atom. The van der Waals surface area contributed by atoms with Gasteiger partial charge in [0.15, 0.2) is 0 Å². The molecule has 2 atom stereocenters. The molecule has 0 aliphatic carbocycles. The molecule has 0 saturated carbocycles. The Morgan fingerprint density at radius 1 is 1.04 bits per heavy atom. The standard InChI is InChI=1S/C17H20ClN3O2S/c1-13-11-20(24(22,23)16-8-9-17(18)19-10-16)12-14(2)21(13)15-6-4-3-5-7-15/h3-10,13-14H,11-12H2,1-2H3. The van der Waals surface area contributed by atoms with Crippen molar-refractivity contribution in [3.63, 3.8) is 0 Å². The Hall–Kier alpha value is -1.63. The van der Waals surface area contributed by atoms with E-state index in [1.54, 1.807) is 0 Å². The summed E-state index contributed by atoms with van der Waals surface area (Å²) in [5.74, 6) is 0. The molecule has 1 aromatic heterocycles. The molecular formula is C17H20ClN3O2S. The minimum atomic E-state index is -3.56. The van der Waals surface area contributed by atoms with Crippen molar-refractivity contribution in [2.24, 2.45) is 0 Å². The molecule has 0 radical (unpaired) electrons. The summed E-state index contributed by atoms with van der Waals surface area (Å²) < 4.78 is 27.2. The van der Waals surface area contributed by atoms with Gasteiger partial charge in [0, 0.05) is 37.1 Å². The highest BCUT2D eigenvalue weighted by Gasteiger charge is 2.36. The maximum Gasteiger partial charge on any atom is 0.244 e. The summed E-state index contributed by atoms with van der Waals surface area (Å²) >= 11 is 5.75. The average Bonchev–Trinajstić information content (AvgIpc) is 2.55. The number of rotatable bonds is 3. The van der Waals surface area contributed by atoms with Crippen LogP contribution in [0.1, 0.15) is 13.8 Å². The zero-order valence-corrected chi connectivity index (χ0v) is 15.2. The lowest BCUT2D eigenvalue weighted by atomic mass is 10.1. The molecule has 0 amide bonds. The number of hydrogen-bond acceptors (Lipinski definition) is 4. The first-order valence-electron chi connectivity index (χ1n) is 7.84. The molecule has 0 bridgehead atoms. The van der Waals surface area contributed by atoms with Crippen molar-refractivity contribution in [1.82, 2.24) is 9.29 Å². The summed E-state index contributed by atoms with van der Waals surface area (Å²) in [6.07, 6.45) is 1.32. The van der Waals surface area contributed by atoms with E-state index in [4.69, 9.17) is 11.6 Å². The van der Waals surface area contributed by atoms with Gasteiger partial charge < -0.3 is 4.90 Å². The summed E-state index contributed by atoms with van der Waals surface area (Å²) in [5.41, 5.74) is 1.11. The summed E-state index contributed by atoms with van der Waals surface area (Å²) in [4.78, 5) is 6.34. The number of anilines is 1. The van der Waals surface area contributed by atoms with E-state index in [1.165, 1.54) is 22.6 Å². The number of aromatic nitrogens is 1. The van der Waals surface area contributed by atoms with E-state index in [1.807, 2.05) is 32.0 Å². The molecule has 1 fully saturated rings. The van der Waals surface area contributed by atoms with E-state index < -0.39 is 10.0 Å². The number of benzene rings is 1. The highest BCUT2D eigenvalue weighted by molar-refractivity contribution is 7.89. The second kappa shape index (κ2) is 6.70. The number of nitrogens with zero attached hydrogens (tertiary/aromatic N) is 3. The Kier molecular flexibility index (Phi) is 4.80. The van der Waals surface area contributed by atoms with Crippen LogP contribution in [0.5, 0.6) is 0 Å². The van der Waals surface area contributed by atoms with Gasteiger partial charge in [0.1, 0.15) is 10.0 Å². The van der Waals surface area contributed by atoms with Crippen molar-refractivity contribution in [3.05, 3.63) is 53.8 Å². The van der Waals surface area contributed by atoms with Crippen LogP contribution in [0.15, 0.2) is 53.6 Å². The average molecular weight is 366 g/mol. The molecule has 2 unspecified atom stereocenters. The third kappa shape index (κ3) is 3.27. The van der Waals surface area contributed by atoms with E-state index in [9.17, 15) is 8.42 Å². The molecule has 2 aromatic rings. The first-order chi connectivity index (χ1) is 11.4. The fourth-order valence-corrected chi connectivity index (χ4v) is 4.90. The highest BCUT2D eigenvalue weighted by Crippen LogP contribution is 2.27. The Balaban J connectivity index is 1.84. The lowest BCUT2D eigenvalue weighted by Gasteiger charge is -2.45. The van der Waals surface area contributed by atoms with Gasteiger partial charge in [-0.25, -0.2) is 13.4 Å². The molecule has 0 N–H and O–H groups in total. The molecule has 1 aromatic carbocycles. The van der Waals surface area contributed by atoms with E-state index in [0.29, 0.717) is 13.1 Å². The molecule has 24 heavy (non-hydrogen) atoms. The van der Waals surface area contributed by atoms with Crippen LogP contribution in [0.2, 0.25) is 5.15 Å². The van der Waals surface area contributed by atoms with Crippen LogP contribution in [0.25, 0.3) is 0 Å². The summed E-state index contributed by atoms with van der Waals surface area (Å²) in [7, 11) is -3.56. The number of pyridine rings is 1. The van der Waals surface area contributed by atoms with Gasteiger partial charge in [-0.15, -0.1) is 0 Å². The van der Waals surface area contributed by atoms with Crippen molar-refractivity contribution in [3.8, 4) is 0 Å². The van der Waals surface area contributed by atoms with Crippen molar-refractivity contribution in [2.75, 3.05) is 18.0 Å². The zero-order valence-electron chi connectivity index (χ0n) is 13.6. The van der Waals surface area contributed by atoms with E-state index in [0.717, 1.165) is 5.69 Å². The number of para-hydroxylation sites is 1. The fourth-order valence-electron chi connectivity index (χ4n) is 3.24. The lowest BCUT2D eigenvalue weighted by Crippen LogP contribution is -2.58. The first kappa shape index (κ1) is 17.2. The molecule has 3 rings (SSSR count). The number of hydrogen-bond donors (Lipinski definition) is 0. The maximum absolute atomic E-state index is 12.9. The Bertz CT molecular complexity index is 784. The van der Waals surface area contributed by atoms with Crippen LogP contribution in [0.4, 0.5) is 5.69 Å². The predicted molar refractivity (Wildman–Crippen MR) is 95.9 cm³/mol. The fraction of sp³-hybridized carbons (Fsp3) is 0.353. The smallest absolute Gasteiger partial charge is 0.244 e. The molecule has 7 heteroatoms. The molecule has 1 aliphatic rings. The van der Waals surface area contributed by atoms with E-state index >= 15 is 0 Å². The van der Waals surface area contributed by atoms with Gasteiger partial charge in [0.2, 0.25) is 10.0 Å². The second-order valence-electron chi connectivity index (χ2n) is 6.08. The lowest BCUT2D eigenvalue weighted by molar-refractivity contribution is 0.301. The molecule has 1 saturated heterocycles. The normalized spacial score (nSPS) is 22.5. The summed E-state index contributed by atoms with van der Waals surface area (Å²) in [6, 6.07) is 13.2. The van der Waals surface area contributed by atoms with Crippen molar-refractivity contribution < 1.29 is 8.42 Å². The van der Waals surface area contributed by atoms with Gasteiger partial charge in [0.05, 0.1) is 0 Å². The van der Waals surface area contributed by atoms with Gasteiger partial charge in [-0.2, -0.15) is 4.31 Å². The second-order valence-corrected chi connectivity index (χ2v) is 8.40. The van der Waals surface area contributed by atoms with Crippen molar-refractivity contribution >= 4 is 27.3 Å². The quantitative estimate of drug-likeness (QED) is 0.784. The van der Waals surface area contributed by atoms with Gasteiger partial charge in [-0.1, -0.05) is 29.8 Å². The van der Waals surface area contributed by atoms with Crippen LogP contribution in [-0.2, 0) is 10.0 Å². The van der Waals surface area contributed by atoms with E-state index in [2.05, 4.69) is 22.0 Å². The summed E-state index contributed by atoms with van der Waals surface area (Å²) in [6.45, 7) is 4.96. The SMILES string of the molecule is CC1CN(S(=O)(=O)c2ccc(Cl)nc2)CC(C)N1c1ccccc1. The molecule has 5 nitrogen and oxygen atoms in total. The van der Waals surface area contributed by atoms with Gasteiger partial charge in [-0.05, 0) is 38.1 Å². The largest absolute Gasteiger partial charge is 0.363 e. The third-order valence-electron chi connectivity index (χ3n) is 4.28. The number of halogens is 1. The van der Waals surface area contributed by atoms with Crippen LogP contribution in [0.3, 0.4) is 0 Å². The zero-order chi connectivity index (χ0) is 17.3. The minimum Gasteiger partial charge on any atom is -0.363 e. The summed E-state index contributed by atoms with van der Waals surface area (Å²) in [5, 5.41) is 0.282. The molecule has 2 heterocycles. The van der Waals surface area contributed by atoms with Gasteiger partial charge >= 0.3 is 0 Å². The van der Waals surface area contributed by atoms with Crippen LogP contribution in [-0.4, -0.2) is 42.9 Å². The minimum absolute atomic E-state index is 0.0752. The third-order valence-corrected chi connectivity index (χ3v) is 6.32. The molecular weight excluding hydrogens is 346 g/mol. The molecule has 0 spiro atoms. The first-order valence-corrected chi connectivity index (χ1v) is 9.66. The Morgan fingerprint density at radius 2 is 1.67 bits per heavy atom. The van der Waals surface area contributed by atoms with Crippen molar-refractivity contribution in [1.29, 1.82) is 0 Å². The number of sulfonamides is 1. The van der Waals surface area contributed by atoms with Gasteiger partial charge in [-0.3, -0.25) is 0 Å². The van der Waals surface area contributed by atoms with Crippen LogP contribution in [0, 0.1) is 0 Å². The van der Waals surface area contributed by atoms with E-state index in [-0.39, 0.29) is 22.1 Å². The Labute approximate surface area is 147 Å². The van der Waals surface area contributed by atoms with Crippen LogP contribution < -0.4 is 4.90 Å². The maximum atomic E-state index is 12.9. The highest BCUT2D eigenvalue weighted by atomic mass is 35.5. The van der Waals surface area contributed by atoms with Crippen LogP contribution >= 0.6 is 11.6 Å². The monoisotopic (exact) mass is 365 g/mol. The number of piperazine rings is 1. The topological polar surface area (TPSA) is 53.5 Å².